The summed E-state index contributed by atoms with van der Waals surface area (Å²) in [5.74, 6) is 2.58. The van der Waals surface area contributed by atoms with Crippen LogP contribution in [0.1, 0.15) is 22.0 Å². The third-order valence-electron chi connectivity index (χ3n) is 5.17. The number of aromatic nitrogens is 5. The molecule has 0 unspecified atom stereocenters. The molecule has 5 rings (SSSR count). The highest BCUT2D eigenvalue weighted by Crippen LogP contribution is 2.32. The minimum Gasteiger partial charge on any atom is -0.469 e. The van der Waals surface area contributed by atoms with Gasteiger partial charge in [0.1, 0.15) is 16.4 Å². The number of benzene rings is 1. The van der Waals surface area contributed by atoms with E-state index in [4.69, 9.17) is 4.42 Å². The molecule has 9 heteroatoms. The Morgan fingerprint density at radius 3 is 2.68 bits per heavy atom. The van der Waals surface area contributed by atoms with E-state index in [1.54, 1.807) is 17.6 Å². The molecule has 1 N–H and O–H groups in total. The zero-order chi connectivity index (χ0) is 21.5. The van der Waals surface area contributed by atoms with Gasteiger partial charge < -0.3 is 9.40 Å². The van der Waals surface area contributed by atoms with E-state index >= 15 is 0 Å². The number of para-hydroxylation sites is 1. The molecule has 31 heavy (non-hydrogen) atoms. The van der Waals surface area contributed by atoms with Crippen LogP contribution < -0.4 is 5.56 Å². The van der Waals surface area contributed by atoms with Crippen molar-refractivity contribution in [3.63, 3.8) is 0 Å². The van der Waals surface area contributed by atoms with E-state index in [-0.39, 0.29) is 5.56 Å². The zero-order valence-electron chi connectivity index (χ0n) is 17.2. The minimum atomic E-state index is -0.0957. The number of H-pyrrole nitrogens is 1. The van der Waals surface area contributed by atoms with Gasteiger partial charge in [-0.15, -0.1) is 21.5 Å². The Balaban J connectivity index is 1.53. The monoisotopic (exact) mass is 449 g/mol. The highest BCUT2D eigenvalue weighted by Gasteiger charge is 2.19. The van der Waals surface area contributed by atoms with Crippen molar-refractivity contribution in [2.75, 3.05) is 0 Å². The third-order valence-corrected chi connectivity index (χ3v) is 7.21. The molecule has 0 amide bonds. The Bertz CT molecular complexity index is 1450. The first-order chi connectivity index (χ1) is 15.0. The van der Waals surface area contributed by atoms with Crippen molar-refractivity contribution in [2.45, 2.75) is 31.7 Å². The summed E-state index contributed by atoms with van der Waals surface area (Å²) >= 11 is 3.03. The van der Waals surface area contributed by atoms with Gasteiger partial charge in [-0.25, -0.2) is 4.98 Å². The summed E-state index contributed by atoms with van der Waals surface area (Å²) in [6.45, 7) is 5.87. The summed E-state index contributed by atoms with van der Waals surface area (Å²) in [5.41, 5.74) is 2.74. The van der Waals surface area contributed by atoms with E-state index in [1.165, 1.54) is 11.8 Å². The molecule has 0 atom stereocenters. The summed E-state index contributed by atoms with van der Waals surface area (Å²) in [6, 6.07) is 11.8. The maximum absolute atomic E-state index is 12.6. The number of nitrogens with zero attached hydrogens (tertiary/aromatic N) is 4. The fourth-order valence-corrected chi connectivity index (χ4v) is 5.34. The number of thioether (sulfide) groups is 1. The van der Waals surface area contributed by atoms with Crippen LogP contribution in [0.5, 0.6) is 0 Å². The predicted molar refractivity (Wildman–Crippen MR) is 123 cm³/mol. The van der Waals surface area contributed by atoms with Crippen LogP contribution >= 0.6 is 23.1 Å². The van der Waals surface area contributed by atoms with E-state index in [2.05, 4.69) is 20.2 Å². The molecule has 1 aromatic carbocycles. The van der Waals surface area contributed by atoms with Crippen LogP contribution in [0.4, 0.5) is 0 Å². The van der Waals surface area contributed by atoms with Crippen molar-refractivity contribution in [1.82, 2.24) is 24.7 Å². The molecule has 7 nitrogen and oxygen atoms in total. The predicted octanol–water partition coefficient (Wildman–Crippen LogP) is 5.04. The molecule has 156 valence electrons. The van der Waals surface area contributed by atoms with Gasteiger partial charge in [0.2, 0.25) is 0 Å². The Labute approximate surface area is 186 Å². The summed E-state index contributed by atoms with van der Waals surface area (Å²) in [5, 5.41) is 10.3. The molecule has 0 aliphatic heterocycles. The molecule has 5 aromatic rings. The summed E-state index contributed by atoms with van der Waals surface area (Å²) < 4.78 is 7.48. The minimum absolute atomic E-state index is 0.0957. The van der Waals surface area contributed by atoms with Crippen molar-refractivity contribution in [2.24, 2.45) is 0 Å². The van der Waals surface area contributed by atoms with E-state index in [1.807, 2.05) is 61.7 Å². The SMILES string of the molecule is Cc1occc1-c1nnc(SCc2nc3sc(C)c(C)c3c(=O)[nH]2)n1-c1ccccc1. The lowest BCUT2D eigenvalue weighted by atomic mass is 10.2. The van der Waals surface area contributed by atoms with Crippen LogP contribution in [0.25, 0.3) is 27.3 Å². The van der Waals surface area contributed by atoms with Crippen LogP contribution in [0.2, 0.25) is 0 Å². The number of aryl methyl sites for hydroxylation is 3. The fraction of sp³-hybridized carbons (Fsp3) is 0.182. The number of fused-ring (bicyclic) bond motifs is 1. The molecule has 0 saturated heterocycles. The Morgan fingerprint density at radius 1 is 1.13 bits per heavy atom. The quantitative estimate of drug-likeness (QED) is 0.378. The molecule has 0 aliphatic rings. The molecular weight excluding hydrogens is 430 g/mol. The maximum atomic E-state index is 12.6. The van der Waals surface area contributed by atoms with Crippen molar-refractivity contribution in [3.8, 4) is 17.1 Å². The van der Waals surface area contributed by atoms with Gasteiger partial charge in [0.25, 0.3) is 5.56 Å². The first-order valence-corrected chi connectivity index (χ1v) is 11.5. The number of hydrogen-bond acceptors (Lipinski definition) is 7. The molecule has 0 spiro atoms. The second kappa shape index (κ2) is 7.82. The van der Waals surface area contributed by atoms with E-state index in [9.17, 15) is 4.79 Å². The molecule has 0 aliphatic carbocycles. The second-order valence-corrected chi connectivity index (χ2v) is 9.28. The normalized spacial score (nSPS) is 11.5. The van der Waals surface area contributed by atoms with Gasteiger partial charge in [0, 0.05) is 10.6 Å². The first-order valence-electron chi connectivity index (χ1n) is 9.70. The van der Waals surface area contributed by atoms with Gasteiger partial charge in [0.05, 0.1) is 23.0 Å². The summed E-state index contributed by atoms with van der Waals surface area (Å²) in [7, 11) is 0. The smallest absolute Gasteiger partial charge is 0.259 e. The van der Waals surface area contributed by atoms with Crippen LogP contribution in [0, 0.1) is 20.8 Å². The molecule has 0 bridgehead atoms. The van der Waals surface area contributed by atoms with Crippen LogP contribution in [0.15, 0.2) is 57.0 Å². The van der Waals surface area contributed by atoms with E-state index in [0.717, 1.165) is 32.3 Å². The number of nitrogens with one attached hydrogen (secondary N) is 1. The topological polar surface area (TPSA) is 89.6 Å². The van der Waals surface area contributed by atoms with E-state index < -0.39 is 0 Å². The standard InChI is InChI=1S/C22H19N5O2S2/c1-12-14(3)31-21-18(12)20(28)23-17(24-21)11-30-22-26-25-19(16-9-10-29-13(16)2)27(22)15-7-5-4-6-8-15/h4-10H,11H2,1-3H3,(H,23,24,28). The third kappa shape index (κ3) is 3.49. The van der Waals surface area contributed by atoms with Crippen molar-refractivity contribution in [3.05, 3.63) is 75.0 Å². The highest BCUT2D eigenvalue weighted by atomic mass is 32.2. The maximum Gasteiger partial charge on any atom is 0.259 e. The largest absolute Gasteiger partial charge is 0.469 e. The fourth-order valence-electron chi connectivity index (χ4n) is 3.47. The Kier molecular flexibility index (Phi) is 4.99. The van der Waals surface area contributed by atoms with Gasteiger partial charge in [-0.05, 0) is 44.5 Å². The second-order valence-electron chi connectivity index (χ2n) is 7.13. The first kappa shape index (κ1) is 19.8. The Hall–Kier alpha value is -3.17. The van der Waals surface area contributed by atoms with Gasteiger partial charge >= 0.3 is 0 Å². The van der Waals surface area contributed by atoms with Crippen molar-refractivity contribution >= 4 is 33.3 Å². The van der Waals surface area contributed by atoms with Gasteiger partial charge in [-0.1, -0.05) is 30.0 Å². The average Bonchev–Trinajstić information content (AvgIpc) is 3.44. The number of thiophene rings is 1. The van der Waals surface area contributed by atoms with Gasteiger partial charge in [-0.2, -0.15) is 0 Å². The van der Waals surface area contributed by atoms with Crippen LogP contribution in [-0.4, -0.2) is 24.7 Å². The van der Waals surface area contributed by atoms with E-state index in [0.29, 0.717) is 27.9 Å². The summed E-state index contributed by atoms with van der Waals surface area (Å²) in [6.07, 6.45) is 1.65. The Morgan fingerprint density at radius 2 is 1.94 bits per heavy atom. The zero-order valence-corrected chi connectivity index (χ0v) is 18.8. The van der Waals surface area contributed by atoms with Crippen molar-refractivity contribution in [1.29, 1.82) is 0 Å². The molecule has 4 heterocycles. The number of hydrogen-bond donors (Lipinski definition) is 1. The van der Waals surface area contributed by atoms with Crippen LogP contribution in [-0.2, 0) is 5.75 Å². The molecule has 4 aromatic heterocycles. The number of furan rings is 1. The lowest BCUT2D eigenvalue weighted by Gasteiger charge is -2.09. The van der Waals surface area contributed by atoms with Crippen LogP contribution in [0.3, 0.4) is 0 Å². The lowest BCUT2D eigenvalue weighted by Crippen LogP contribution is -2.11. The highest BCUT2D eigenvalue weighted by molar-refractivity contribution is 7.98. The number of aromatic amines is 1. The summed E-state index contributed by atoms with van der Waals surface area (Å²) in [4.78, 5) is 22.1. The molecule has 0 saturated carbocycles. The van der Waals surface area contributed by atoms with Crippen molar-refractivity contribution < 1.29 is 4.42 Å². The lowest BCUT2D eigenvalue weighted by molar-refractivity contribution is 0.535. The molecule has 0 radical (unpaired) electrons. The number of rotatable bonds is 5. The molecular formula is C22H19N5O2S2. The average molecular weight is 450 g/mol. The molecule has 0 fully saturated rings. The van der Waals surface area contributed by atoms with Gasteiger partial charge in [0.15, 0.2) is 11.0 Å². The van der Waals surface area contributed by atoms with Gasteiger partial charge in [-0.3, -0.25) is 9.36 Å².